The number of nitrogens with zero attached hydrogens (tertiary/aromatic N) is 4. The molecule has 0 unspecified atom stereocenters. The van der Waals surface area contributed by atoms with E-state index in [-0.39, 0.29) is 0 Å². The van der Waals surface area contributed by atoms with Crippen LogP contribution >= 0.6 is 35.4 Å². The van der Waals surface area contributed by atoms with Crippen LogP contribution in [0.4, 0.5) is 0 Å². The van der Waals surface area contributed by atoms with Crippen LogP contribution in [0.2, 0.25) is 10.0 Å². The molecule has 4 nitrogen and oxygen atoms in total. The van der Waals surface area contributed by atoms with Crippen LogP contribution in [0.3, 0.4) is 0 Å². The van der Waals surface area contributed by atoms with Crippen LogP contribution in [-0.2, 0) is 13.2 Å². The quantitative estimate of drug-likeness (QED) is 0.655. The molecule has 0 spiro atoms. The predicted octanol–water partition coefficient (Wildman–Crippen LogP) is 5.02. The van der Waals surface area contributed by atoms with Crippen LogP contribution in [0.15, 0.2) is 18.2 Å². The maximum absolute atomic E-state index is 6.10. The molecule has 2 fully saturated rings. The molecule has 0 N–H and O–H groups in total. The number of hydrogen-bond donors (Lipinski definition) is 0. The van der Waals surface area contributed by atoms with Crippen molar-refractivity contribution in [3.05, 3.63) is 44.4 Å². The Morgan fingerprint density at radius 2 is 1.96 bits per heavy atom. The minimum atomic E-state index is 0.585. The molecule has 0 saturated heterocycles. The first-order chi connectivity index (χ1) is 11.5. The van der Waals surface area contributed by atoms with Crippen molar-refractivity contribution in [2.45, 2.75) is 50.9 Å². The molecule has 1 aromatic heterocycles. The summed E-state index contributed by atoms with van der Waals surface area (Å²) in [5, 5.41) is 6.01. The molecule has 4 rings (SSSR count). The summed E-state index contributed by atoms with van der Waals surface area (Å²) in [5.74, 6) is 1.82. The minimum absolute atomic E-state index is 0.585. The van der Waals surface area contributed by atoms with E-state index in [0.29, 0.717) is 28.7 Å². The lowest BCUT2D eigenvalue weighted by molar-refractivity contribution is 0.243. The molecule has 2 aliphatic rings. The fraction of sp³-hybridized carbons (Fsp3) is 0.529. The maximum Gasteiger partial charge on any atom is 0.199 e. The average Bonchev–Trinajstić information content (AvgIpc) is 3.43. The first kappa shape index (κ1) is 16.6. The zero-order chi connectivity index (χ0) is 16.8. The summed E-state index contributed by atoms with van der Waals surface area (Å²) in [6.45, 7) is 1.45. The van der Waals surface area contributed by atoms with Crippen molar-refractivity contribution in [2.75, 3.05) is 7.05 Å². The van der Waals surface area contributed by atoms with E-state index >= 15 is 0 Å². The number of rotatable bonds is 6. The molecule has 1 heterocycles. The minimum Gasteiger partial charge on any atom is -0.301 e. The van der Waals surface area contributed by atoms with Gasteiger partial charge in [0.25, 0.3) is 0 Å². The van der Waals surface area contributed by atoms with Crippen molar-refractivity contribution in [2.24, 2.45) is 0 Å². The fourth-order valence-corrected chi connectivity index (χ4v) is 3.72. The topological polar surface area (TPSA) is 26.0 Å². The highest BCUT2D eigenvalue weighted by Crippen LogP contribution is 2.44. The summed E-state index contributed by atoms with van der Waals surface area (Å²) in [6, 6.07) is 6.34. The third-order valence-corrected chi connectivity index (χ3v) is 5.71. The van der Waals surface area contributed by atoms with E-state index in [1.54, 1.807) is 0 Å². The van der Waals surface area contributed by atoms with Gasteiger partial charge < -0.3 is 4.57 Å². The van der Waals surface area contributed by atoms with Gasteiger partial charge in [-0.2, -0.15) is 5.10 Å². The van der Waals surface area contributed by atoms with Gasteiger partial charge >= 0.3 is 0 Å². The Hall–Kier alpha value is -0.880. The molecule has 24 heavy (non-hydrogen) atoms. The fourth-order valence-electron chi connectivity index (χ4n) is 3.05. The number of aromatic nitrogens is 3. The monoisotopic (exact) mass is 382 g/mol. The zero-order valence-corrected chi connectivity index (χ0v) is 15.9. The van der Waals surface area contributed by atoms with Crippen molar-refractivity contribution in [3.8, 4) is 0 Å². The van der Waals surface area contributed by atoms with E-state index in [1.165, 1.54) is 31.5 Å². The second-order valence-corrected chi connectivity index (χ2v) is 8.10. The molecule has 0 atom stereocenters. The van der Waals surface area contributed by atoms with Gasteiger partial charge in [0, 0.05) is 18.5 Å². The highest BCUT2D eigenvalue weighted by molar-refractivity contribution is 7.71. The van der Waals surface area contributed by atoms with Crippen LogP contribution in [0, 0.1) is 4.77 Å². The van der Waals surface area contributed by atoms with Crippen LogP contribution in [-0.4, -0.2) is 26.3 Å². The van der Waals surface area contributed by atoms with E-state index in [4.69, 9.17) is 40.5 Å². The first-order valence-electron chi connectivity index (χ1n) is 8.34. The molecule has 0 bridgehead atoms. The number of benzene rings is 1. The summed E-state index contributed by atoms with van der Waals surface area (Å²) < 4.78 is 5.14. The van der Waals surface area contributed by atoms with Gasteiger partial charge in [-0.25, -0.2) is 4.68 Å². The lowest BCUT2D eigenvalue weighted by atomic mass is 10.2. The zero-order valence-electron chi connectivity index (χ0n) is 13.6. The largest absolute Gasteiger partial charge is 0.301 e. The standard InChI is InChI=1S/C17H20Cl2N4S/c1-21(9-11-2-7-14(18)15(19)8-11)10-22-17(24)23(13-5-6-13)16(20-22)12-3-4-12/h2,7-8,12-13H,3-6,9-10H2,1H3. The van der Waals surface area contributed by atoms with Crippen molar-refractivity contribution in [3.63, 3.8) is 0 Å². The van der Waals surface area contributed by atoms with E-state index in [2.05, 4.69) is 16.5 Å². The van der Waals surface area contributed by atoms with Gasteiger partial charge in [-0.1, -0.05) is 29.3 Å². The van der Waals surface area contributed by atoms with Crippen molar-refractivity contribution in [1.29, 1.82) is 0 Å². The third kappa shape index (κ3) is 3.40. The molecule has 2 saturated carbocycles. The van der Waals surface area contributed by atoms with Gasteiger partial charge in [0.15, 0.2) is 4.77 Å². The second-order valence-electron chi connectivity index (χ2n) is 6.92. The third-order valence-electron chi connectivity index (χ3n) is 4.56. The Morgan fingerprint density at radius 1 is 1.21 bits per heavy atom. The smallest absolute Gasteiger partial charge is 0.199 e. The molecule has 0 radical (unpaired) electrons. The van der Waals surface area contributed by atoms with Crippen LogP contribution in [0.5, 0.6) is 0 Å². The van der Waals surface area contributed by atoms with Gasteiger partial charge in [-0.3, -0.25) is 4.90 Å². The van der Waals surface area contributed by atoms with E-state index in [9.17, 15) is 0 Å². The number of halogens is 2. The van der Waals surface area contributed by atoms with E-state index in [0.717, 1.165) is 16.9 Å². The first-order valence-corrected chi connectivity index (χ1v) is 9.51. The van der Waals surface area contributed by atoms with Crippen LogP contribution in [0.25, 0.3) is 0 Å². The second kappa shape index (κ2) is 6.45. The molecular formula is C17H20Cl2N4S. The molecule has 7 heteroatoms. The molecular weight excluding hydrogens is 363 g/mol. The highest BCUT2D eigenvalue weighted by Gasteiger charge is 2.35. The van der Waals surface area contributed by atoms with E-state index in [1.807, 2.05) is 22.9 Å². The van der Waals surface area contributed by atoms with Gasteiger partial charge in [0.05, 0.1) is 16.7 Å². The molecule has 128 valence electrons. The Labute approximate surface area is 157 Å². The molecule has 1 aromatic carbocycles. The summed E-state index contributed by atoms with van der Waals surface area (Å²) in [5.41, 5.74) is 1.13. The summed E-state index contributed by atoms with van der Waals surface area (Å²) in [4.78, 5) is 2.19. The SMILES string of the molecule is CN(Cc1ccc(Cl)c(Cl)c1)Cn1nc(C2CC2)n(C2CC2)c1=S. The van der Waals surface area contributed by atoms with Crippen molar-refractivity contribution >= 4 is 35.4 Å². The van der Waals surface area contributed by atoms with E-state index < -0.39 is 0 Å². The Bertz CT molecular complexity index is 820. The summed E-state index contributed by atoms with van der Waals surface area (Å²) in [7, 11) is 2.07. The van der Waals surface area contributed by atoms with Crippen molar-refractivity contribution < 1.29 is 0 Å². The Kier molecular flexibility index (Phi) is 4.45. The molecule has 2 aliphatic carbocycles. The highest BCUT2D eigenvalue weighted by atomic mass is 35.5. The normalized spacial score (nSPS) is 17.7. The van der Waals surface area contributed by atoms with Gasteiger partial charge in [-0.15, -0.1) is 0 Å². The summed E-state index contributed by atoms with van der Waals surface area (Å²) >= 11 is 17.8. The maximum atomic E-state index is 6.10. The Balaban J connectivity index is 1.51. The molecule has 0 aliphatic heterocycles. The van der Waals surface area contributed by atoms with Crippen molar-refractivity contribution in [1.82, 2.24) is 19.2 Å². The van der Waals surface area contributed by atoms with Crippen LogP contribution < -0.4 is 0 Å². The Morgan fingerprint density at radius 3 is 2.58 bits per heavy atom. The van der Waals surface area contributed by atoms with Gasteiger partial charge in [0.1, 0.15) is 5.82 Å². The predicted molar refractivity (Wildman–Crippen MR) is 99.2 cm³/mol. The summed E-state index contributed by atoms with van der Waals surface area (Å²) in [6.07, 6.45) is 4.97. The molecule has 0 amide bonds. The molecule has 2 aromatic rings. The van der Waals surface area contributed by atoms with Gasteiger partial charge in [0.2, 0.25) is 0 Å². The van der Waals surface area contributed by atoms with Gasteiger partial charge in [-0.05, 0) is 62.6 Å². The average molecular weight is 383 g/mol. The van der Waals surface area contributed by atoms with Crippen LogP contribution in [0.1, 0.15) is 49.0 Å². The lowest BCUT2D eigenvalue weighted by Crippen LogP contribution is -2.22. The number of hydrogen-bond acceptors (Lipinski definition) is 3. The lowest BCUT2D eigenvalue weighted by Gasteiger charge is -2.16.